The van der Waals surface area contributed by atoms with Crippen LogP contribution in [0.4, 0.5) is 0 Å². The molecule has 0 unspecified atom stereocenters. The normalized spacial score (nSPS) is 11.1. The fourth-order valence-corrected chi connectivity index (χ4v) is 2.02. The molecule has 0 aliphatic rings. The van der Waals surface area contributed by atoms with Crippen molar-refractivity contribution in [2.24, 2.45) is 0 Å². The fourth-order valence-electron chi connectivity index (χ4n) is 1.90. The molecule has 2 amide bonds. The van der Waals surface area contributed by atoms with Gasteiger partial charge in [-0.15, -0.1) is 0 Å². The van der Waals surface area contributed by atoms with E-state index in [1.54, 1.807) is 17.0 Å². The highest BCUT2D eigenvalue weighted by atomic mass is 35.5. The molecule has 1 N–H and O–H groups in total. The van der Waals surface area contributed by atoms with Crippen LogP contribution in [-0.2, 0) is 16.0 Å². The van der Waals surface area contributed by atoms with Crippen molar-refractivity contribution in [1.29, 1.82) is 0 Å². The van der Waals surface area contributed by atoms with Crippen LogP contribution in [-0.4, -0.2) is 35.3 Å². The molecule has 116 valence electrons. The lowest BCUT2D eigenvalue weighted by Crippen LogP contribution is -2.47. The van der Waals surface area contributed by atoms with E-state index < -0.39 is 0 Å². The molecule has 0 aliphatic heterocycles. The van der Waals surface area contributed by atoms with Crippen molar-refractivity contribution in [3.8, 4) is 0 Å². The standard InChI is InChI=1S/C16H23ClN2O2/c1-5-19(11-14(20)18-16(2,3)4)15(21)10-12-6-8-13(17)9-7-12/h6-9H,5,10-11H2,1-4H3,(H,18,20). The Morgan fingerprint density at radius 1 is 1.19 bits per heavy atom. The van der Waals surface area contributed by atoms with Crippen LogP contribution in [0.25, 0.3) is 0 Å². The second-order valence-corrected chi connectivity index (χ2v) is 6.45. The summed E-state index contributed by atoms with van der Waals surface area (Å²) in [6.45, 7) is 8.19. The summed E-state index contributed by atoms with van der Waals surface area (Å²) in [4.78, 5) is 25.7. The topological polar surface area (TPSA) is 49.4 Å². The average Bonchev–Trinajstić information content (AvgIpc) is 2.36. The number of halogens is 1. The number of rotatable bonds is 5. The van der Waals surface area contributed by atoms with Crippen molar-refractivity contribution in [2.45, 2.75) is 39.7 Å². The highest BCUT2D eigenvalue weighted by Gasteiger charge is 2.19. The molecule has 0 saturated carbocycles. The Balaban J connectivity index is 2.61. The largest absolute Gasteiger partial charge is 0.350 e. The molecule has 0 saturated heterocycles. The van der Waals surface area contributed by atoms with E-state index in [1.165, 1.54) is 0 Å². The maximum atomic E-state index is 12.2. The van der Waals surface area contributed by atoms with E-state index in [0.717, 1.165) is 5.56 Å². The molecule has 1 aromatic rings. The lowest BCUT2D eigenvalue weighted by molar-refractivity contribution is -0.135. The number of amides is 2. The van der Waals surface area contributed by atoms with Crippen LogP contribution in [0.1, 0.15) is 33.3 Å². The highest BCUT2D eigenvalue weighted by Crippen LogP contribution is 2.11. The number of nitrogens with one attached hydrogen (secondary N) is 1. The van der Waals surface area contributed by atoms with Gasteiger partial charge in [0.25, 0.3) is 0 Å². The van der Waals surface area contributed by atoms with Gasteiger partial charge in [0.1, 0.15) is 0 Å². The van der Waals surface area contributed by atoms with Crippen molar-refractivity contribution >= 4 is 23.4 Å². The number of hydrogen-bond donors (Lipinski definition) is 1. The van der Waals surface area contributed by atoms with Gasteiger partial charge in [-0.25, -0.2) is 0 Å². The zero-order chi connectivity index (χ0) is 16.0. The predicted molar refractivity (Wildman–Crippen MR) is 85.3 cm³/mol. The molecule has 0 bridgehead atoms. The van der Waals surface area contributed by atoms with E-state index in [0.29, 0.717) is 11.6 Å². The Morgan fingerprint density at radius 2 is 1.76 bits per heavy atom. The van der Waals surface area contributed by atoms with E-state index in [-0.39, 0.29) is 30.3 Å². The molecule has 4 nitrogen and oxygen atoms in total. The van der Waals surface area contributed by atoms with Crippen LogP contribution >= 0.6 is 11.6 Å². The lowest BCUT2D eigenvalue weighted by atomic mass is 10.1. The van der Waals surface area contributed by atoms with Gasteiger partial charge in [0.15, 0.2) is 0 Å². The summed E-state index contributed by atoms with van der Waals surface area (Å²) < 4.78 is 0. The summed E-state index contributed by atoms with van der Waals surface area (Å²) in [6.07, 6.45) is 0.272. The molecule has 21 heavy (non-hydrogen) atoms. The van der Waals surface area contributed by atoms with Gasteiger partial charge in [-0.1, -0.05) is 23.7 Å². The summed E-state index contributed by atoms with van der Waals surface area (Å²) in [7, 11) is 0. The minimum Gasteiger partial charge on any atom is -0.350 e. The molecule has 0 fully saturated rings. The molecule has 0 aliphatic carbocycles. The van der Waals surface area contributed by atoms with Gasteiger partial charge >= 0.3 is 0 Å². The molecule has 0 spiro atoms. The molecule has 1 rings (SSSR count). The first-order valence-corrected chi connectivity index (χ1v) is 7.42. The molecule has 0 aromatic heterocycles. The maximum absolute atomic E-state index is 12.2. The van der Waals surface area contributed by atoms with E-state index in [2.05, 4.69) is 5.32 Å². The summed E-state index contributed by atoms with van der Waals surface area (Å²) in [5.41, 5.74) is 0.592. The van der Waals surface area contributed by atoms with Crippen molar-refractivity contribution in [3.05, 3.63) is 34.9 Å². The number of nitrogens with zero attached hydrogens (tertiary/aromatic N) is 1. The predicted octanol–water partition coefficient (Wildman–Crippen LogP) is 2.65. The van der Waals surface area contributed by atoms with Gasteiger partial charge in [0.2, 0.25) is 11.8 Å². The van der Waals surface area contributed by atoms with Gasteiger partial charge in [0, 0.05) is 17.1 Å². The van der Waals surface area contributed by atoms with E-state index >= 15 is 0 Å². The number of likely N-dealkylation sites (N-methyl/N-ethyl adjacent to an activating group) is 1. The van der Waals surface area contributed by atoms with Crippen LogP contribution in [0.15, 0.2) is 24.3 Å². The van der Waals surface area contributed by atoms with Gasteiger partial charge in [-0.2, -0.15) is 0 Å². The quantitative estimate of drug-likeness (QED) is 0.909. The van der Waals surface area contributed by atoms with Crippen molar-refractivity contribution in [2.75, 3.05) is 13.1 Å². The van der Waals surface area contributed by atoms with Crippen LogP contribution < -0.4 is 5.32 Å². The zero-order valence-corrected chi connectivity index (χ0v) is 13.8. The van der Waals surface area contributed by atoms with E-state index in [4.69, 9.17) is 11.6 Å². The number of carbonyl (C=O) groups excluding carboxylic acids is 2. The summed E-state index contributed by atoms with van der Waals surface area (Å²) in [5, 5.41) is 3.50. The first-order chi connectivity index (χ1) is 9.71. The van der Waals surface area contributed by atoms with E-state index in [1.807, 2.05) is 39.8 Å². The van der Waals surface area contributed by atoms with Crippen molar-refractivity contribution in [1.82, 2.24) is 10.2 Å². The SMILES string of the molecule is CCN(CC(=O)NC(C)(C)C)C(=O)Cc1ccc(Cl)cc1. The summed E-state index contributed by atoms with van der Waals surface area (Å²) >= 11 is 5.82. The van der Waals surface area contributed by atoms with Crippen molar-refractivity contribution < 1.29 is 9.59 Å². The molecule has 0 heterocycles. The van der Waals surface area contributed by atoms with Gasteiger partial charge in [-0.3, -0.25) is 9.59 Å². The van der Waals surface area contributed by atoms with E-state index in [9.17, 15) is 9.59 Å². The minimum absolute atomic E-state index is 0.0659. The Labute approximate surface area is 131 Å². The third-order valence-corrected chi connectivity index (χ3v) is 3.10. The lowest BCUT2D eigenvalue weighted by Gasteiger charge is -2.25. The van der Waals surface area contributed by atoms with Crippen LogP contribution in [0.3, 0.4) is 0 Å². The molecule has 0 radical (unpaired) electrons. The smallest absolute Gasteiger partial charge is 0.240 e. The zero-order valence-electron chi connectivity index (χ0n) is 13.1. The summed E-state index contributed by atoms with van der Waals surface area (Å²) in [5.74, 6) is -0.210. The van der Waals surface area contributed by atoms with Gasteiger partial charge in [0.05, 0.1) is 13.0 Å². The Kier molecular flexibility index (Phi) is 6.21. The maximum Gasteiger partial charge on any atom is 0.240 e. The fraction of sp³-hybridized carbons (Fsp3) is 0.500. The monoisotopic (exact) mass is 310 g/mol. The van der Waals surface area contributed by atoms with Gasteiger partial charge < -0.3 is 10.2 Å². The number of hydrogen-bond acceptors (Lipinski definition) is 2. The van der Waals surface area contributed by atoms with Crippen LogP contribution in [0.5, 0.6) is 0 Å². The minimum atomic E-state index is -0.296. The second kappa shape index (κ2) is 7.46. The second-order valence-electron chi connectivity index (χ2n) is 6.01. The first-order valence-electron chi connectivity index (χ1n) is 7.04. The van der Waals surface area contributed by atoms with Crippen molar-refractivity contribution in [3.63, 3.8) is 0 Å². The van der Waals surface area contributed by atoms with Gasteiger partial charge in [-0.05, 0) is 45.4 Å². The van der Waals surface area contributed by atoms with Crippen LogP contribution in [0.2, 0.25) is 5.02 Å². The molecule has 5 heteroatoms. The number of benzene rings is 1. The molecular formula is C16H23ClN2O2. The highest BCUT2D eigenvalue weighted by molar-refractivity contribution is 6.30. The summed E-state index contributed by atoms with van der Waals surface area (Å²) in [6, 6.07) is 7.16. The Hall–Kier alpha value is -1.55. The first kappa shape index (κ1) is 17.5. The molecule has 1 aromatic carbocycles. The number of carbonyl (C=O) groups is 2. The average molecular weight is 311 g/mol. The van der Waals surface area contributed by atoms with Crippen LogP contribution in [0, 0.1) is 0 Å². The molecule has 0 atom stereocenters. The molecular weight excluding hydrogens is 288 g/mol. The third-order valence-electron chi connectivity index (χ3n) is 2.85. The Morgan fingerprint density at radius 3 is 2.24 bits per heavy atom. The Bertz CT molecular complexity index is 492. The third kappa shape index (κ3) is 6.63.